The first-order chi connectivity index (χ1) is 10.3. The second kappa shape index (κ2) is 6.92. The zero-order valence-corrected chi connectivity index (χ0v) is 12.7. The summed E-state index contributed by atoms with van der Waals surface area (Å²) in [4.78, 5) is 19.0. The van der Waals surface area contributed by atoms with E-state index < -0.39 is 0 Å². The van der Waals surface area contributed by atoms with Crippen LogP contribution in [0.25, 0.3) is 0 Å². The monoisotopic (exact) mass is 287 g/mol. The summed E-state index contributed by atoms with van der Waals surface area (Å²) in [7, 11) is 0. The molecule has 3 rings (SSSR count). The fraction of sp³-hybridized carbons (Fsp3) is 0.647. The lowest BCUT2D eigenvalue weighted by molar-refractivity contribution is 0.0928. The molecule has 2 aliphatic rings. The van der Waals surface area contributed by atoms with E-state index >= 15 is 0 Å². The van der Waals surface area contributed by atoms with Gasteiger partial charge >= 0.3 is 0 Å². The van der Waals surface area contributed by atoms with Crippen molar-refractivity contribution in [1.29, 1.82) is 0 Å². The number of nitrogens with one attached hydrogen (secondary N) is 1. The van der Waals surface area contributed by atoms with Gasteiger partial charge in [0.25, 0.3) is 5.91 Å². The summed E-state index contributed by atoms with van der Waals surface area (Å²) in [5, 5.41) is 3.17. The molecule has 1 aliphatic heterocycles. The molecule has 2 heterocycles. The van der Waals surface area contributed by atoms with Gasteiger partial charge in [0.05, 0.1) is 0 Å². The normalized spacial score (nSPS) is 20.3. The Morgan fingerprint density at radius 1 is 1.10 bits per heavy atom. The molecule has 0 radical (unpaired) electrons. The van der Waals surface area contributed by atoms with Crippen LogP contribution in [0.4, 0.5) is 5.69 Å². The van der Waals surface area contributed by atoms with Crippen molar-refractivity contribution in [2.45, 2.75) is 57.4 Å². The van der Waals surface area contributed by atoms with Crippen molar-refractivity contribution >= 4 is 11.6 Å². The Labute approximate surface area is 126 Å². The second-order valence-electron chi connectivity index (χ2n) is 6.26. The molecule has 1 amide bonds. The molecule has 0 atom stereocenters. The Balaban J connectivity index is 1.64. The van der Waals surface area contributed by atoms with E-state index in [4.69, 9.17) is 0 Å². The fourth-order valence-corrected chi connectivity index (χ4v) is 3.40. The second-order valence-corrected chi connectivity index (χ2v) is 6.26. The molecule has 4 heteroatoms. The van der Waals surface area contributed by atoms with Gasteiger partial charge in [-0.05, 0) is 37.8 Å². The van der Waals surface area contributed by atoms with E-state index in [9.17, 15) is 4.79 Å². The third-order valence-corrected chi connectivity index (χ3v) is 4.64. The van der Waals surface area contributed by atoms with Gasteiger partial charge in [0.2, 0.25) is 0 Å². The molecule has 1 aromatic rings. The summed E-state index contributed by atoms with van der Waals surface area (Å²) < 4.78 is 0. The first-order valence-corrected chi connectivity index (χ1v) is 8.35. The summed E-state index contributed by atoms with van der Waals surface area (Å²) in [6, 6.07) is 4.28. The highest BCUT2D eigenvalue weighted by molar-refractivity contribution is 5.93. The van der Waals surface area contributed by atoms with Gasteiger partial charge in [-0.3, -0.25) is 9.78 Å². The highest BCUT2D eigenvalue weighted by Crippen LogP contribution is 2.21. The van der Waals surface area contributed by atoms with Crippen LogP contribution in [0.2, 0.25) is 0 Å². The van der Waals surface area contributed by atoms with Gasteiger partial charge in [0.15, 0.2) is 0 Å². The van der Waals surface area contributed by atoms with Crippen molar-refractivity contribution in [2.75, 3.05) is 18.0 Å². The molecular weight excluding hydrogens is 262 g/mol. The van der Waals surface area contributed by atoms with E-state index in [1.165, 1.54) is 38.5 Å². The van der Waals surface area contributed by atoms with Gasteiger partial charge in [-0.1, -0.05) is 25.7 Å². The predicted molar refractivity (Wildman–Crippen MR) is 84.6 cm³/mol. The van der Waals surface area contributed by atoms with Crippen LogP contribution in [0.3, 0.4) is 0 Å². The first-order valence-electron chi connectivity index (χ1n) is 8.35. The third kappa shape index (κ3) is 3.74. The Hall–Kier alpha value is -1.58. The smallest absolute Gasteiger partial charge is 0.270 e. The minimum absolute atomic E-state index is 0.0112. The zero-order valence-electron chi connectivity index (χ0n) is 12.7. The molecule has 1 saturated carbocycles. The fourth-order valence-electron chi connectivity index (χ4n) is 3.40. The lowest BCUT2D eigenvalue weighted by Crippen LogP contribution is -2.35. The first kappa shape index (κ1) is 14.4. The number of rotatable bonds is 3. The average molecular weight is 287 g/mol. The maximum absolute atomic E-state index is 12.4. The van der Waals surface area contributed by atoms with Gasteiger partial charge < -0.3 is 10.2 Å². The number of amides is 1. The van der Waals surface area contributed by atoms with Crippen LogP contribution in [0.15, 0.2) is 18.3 Å². The molecule has 114 valence electrons. The largest absolute Gasteiger partial charge is 0.371 e. The maximum Gasteiger partial charge on any atom is 0.270 e. The number of pyridine rings is 1. The third-order valence-electron chi connectivity index (χ3n) is 4.64. The summed E-state index contributed by atoms with van der Waals surface area (Å²) >= 11 is 0. The molecule has 1 saturated heterocycles. The standard InChI is InChI=1S/C17H25N3O/c21-17(19-14-7-3-1-2-4-8-14)16-13-15(9-10-18-16)20-11-5-6-12-20/h9-10,13-14H,1-8,11-12H2,(H,19,21). The minimum atomic E-state index is -0.0112. The predicted octanol–water partition coefficient (Wildman–Crippen LogP) is 3.13. The molecule has 0 spiro atoms. The zero-order chi connectivity index (χ0) is 14.5. The molecular formula is C17H25N3O. The van der Waals surface area contributed by atoms with Crippen LogP contribution in [0, 0.1) is 0 Å². The van der Waals surface area contributed by atoms with Crippen LogP contribution in [-0.4, -0.2) is 30.0 Å². The number of hydrogen-bond donors (Lipinski definition) is 1. The van der Waals surface area contributed by atoms with Gasteiger partial charge in [0, 0.05) is 31.0 Å². The average Bonchev–Trinajstić information content (AvgIpc) is 2.93. The summed E-state index contributed by atoms with van der Waals surface area (Å²) in [5.74, 6) is -0.0112. The summed E-state index contributed by atoms with van der Waals surface area (Å²) in [6.45, 7) is 2.18. The molecule has 0 aromatic carbocycles. The van der Waals surface area contributed by atoms with Crippen LogP contribution in [0.1, 0.15) is 61.9 Å². The topological polar surface area (TPSA) is 45.2 Å². The maximum atomic E-state index is 12.4. The van der Waals surface area contributed by atoms with Gasteiger partial charge in [-0.2, -0.15) is 0 Å². The Morgan fingerprint density at radius 2 is 1.81 bits per heavy atom. The number of hydrogen-bond acceptors (Lipinski definition) is 3. The molecule has 4 nitrogen and oxygen atoms in total. The SMILES string of the molecule is O=C(NC1CCCCCC1)c1cc(N2CCCC2)ccn1. The van der Waals surface area contributed by atoms with Crippen LogP contribution in [0.5, 0.6) is 0 Å². The van der Waals surface area contributed by atoms with E-state index in [0.717, 1.165) is 31.6 Å². The number of aromatic nitrogens is 1. The van der Waals surface area contributed by atoms with Crippen LogP contribution >= 0.6 is 0 Å². The van der Waals surface area contributed by atoms with Crippen molar-refractivity contribution < 1.29 is 4.79 Å². The van der Waals surface area contributed by atoms with Gasteiger partial charge in [-0.15, -0.1) is 0 Å². The van der Waals surface area contributed by atoms with Crippen molar-refractivity contribution in [2.24, 2.45) is 0 Å². The molecule has 0 unspecified atom stereocenters. The molecule has 0 bridgehead atoms. The van der Waals surface area contributed by atoms with Gasteiger partial charge in [-0.25, -0.2) is 0 Å². The van der Waals surface area contributed by atoms with Crippen LogP contribution < -0.4 is 10.2 Å². The Morgan fingerprint density at radius 3 is 2.52 bits per heavy atom. The van der Waals surface area contributed by atoms with Crippen molar-refractivity contribution in [3.05, 3.63) is 24.0 Å². The lowest BCUT2D eigenvalue weighted by atomic mass is 10.1. The number of nitrogens with zero attached hydrogens (tertiary/aromatic N) is 2. The number of anilines is 1. The number of carbonyl (C=O) groups excluding carboxylic acids is 1. The van der Waals surface area contributed by atoms with E-state index in [1.807, 2.05) is 12.1 Å². The highest BCUT2D eigenvalue weighted by atomic mass is 16.1. The quantitative estimate of drug-likeness (QED) is 0.869. The molecule has 21 heavy (non-hydrogen) atoms. The molecule has 1 aromatic heterocycles. The van der Waals surface area contributed by atoms with Gasteiger partial charge in [0.1, 0.15) is 5.69 Å². The summed E-state index contributed by atoms with van der Waals surface area (Å²) in [5.41, 5.74) is 1.69. The Bertz CT molecular complexity index is 475. The highest BCUT2D eigenvalue weighted by Gasteiger charge is 2.18. The summed E-state index contributed by atoms with van der Waals surface area (Å²) in [6.07, 6.45) is 11.5. The van der Waals surface area contributed by atoms with Crippen molar-refractivity contribution in [3.8, 4) is 0 Å². The molecule has 2 fully saturated rings. The van der Waals surface area contributed by atoms with E-state index in [2.05, 4.69) is 15.2 Å². The molecule has 1 aliphatic carbocycles. The van der Waals surface area contributed by atoms with E-state index in [-0.39, 0.29) is 5.91 Å². The lowest BCUT2D eigenvalue weighted by Gasteiger charge is -2.19. The van der Waals surface area contributed by atoms with E-state index in [0.29, 0.717) is 11.7 Å². The molecule has 1 N–H and O–H groups in total. The van der Waals surface area contributed by atoms with Crippen molar-refractivity contribution in [1.82, 2.24) is 10.3 Å². The minimum Gasteiger partial charge on any atom is -0.371 e. The van der Waals surface area contributed by atoms with Crippen molar-refractivity contribution in [3.63, 3.8) is 0 Å². The van der Waals surface area contributed by atoms with Crippen LogP contribution in [-0.2, 0) is 0 Å². The number of carbonyl (C=O) groups is 1. The Kier molecular flexibility index (Phi) is 4.73. The van der Waals surface area contributed by atoms with E-state index in [1.54, 1.807) is 6.20 Å².